The maximum Gasteiger partial charge on any atom is 0.0522 e. The van der Waals surface area contributed by atoms with E-state index in [1.807, 2.05) is 12.3 Å². The van der Waals surface area contributed by atoms with Crippen LogP contribution >= 0.6 is 0 Å². The summed E-state index contributed by atoms with van der Waals surface area (Å²) in [6.45, 7) is 10.00. The zero-order valence-electron chi connectivity index (χ0n) is 11.2. The zero-order chi connectivity index (χ0) is 12.5. The average Bonchev–Trinajstić information content (AvgIpc) is 2.73. The predicted molar refractivity (Wildman–Crippen MR) is 72.9 cm³/mol. The summed E-state index contributed by atoms with van der Waals surface area (Å²) in [5, 5.41) is 7.79. The number of allylic oxidation sites excluding steroid dienone is 1. The second-order valence-electron chi connectivity index (χ2n) is 4.72. The quantitative estimate of drug-likeness (QED) is 0.526. The van der Waals surface area contributed by atoms with Gasteiger partial charge >= 0.3 is 0 Å². The van der Waals surface area contributed by atoms with Gasteiger partial charge in [0.15, 0.2) is 0 Å². The molecule has 1 heterocycles. The summed E-state index contributed by atoms with van der Waals surface area (Å²) >= 11 is 0. The Kier molecular flexibility index (Phi) is 6.63. The van der Waals surface area contributed by atoms with Crippen molar-refractivity contribution in [1.82, 2.24) is 15.1 Å². The highest BCUT2D eigenvalue weighted by atomic mass is 15.3. The lowest BCUT2D eigenvalue weighted by atomic mass is 10.2. The van der Waals surface area contributed by atoms with Gasteiger partial charge in [-0.3, -0.25) is 4.68 Å². The van der Waals surface area contributed by atoms with Gasteiger partial charge < -0.3 is 5.32 Å². The lowest BCUT2D eigenvalue weighted by molar-refractivity contribution is 0.501. The van der Waals surface area contributed by atoms with Crippen LogP contribution in [-0.4, -0.2) is 15.8 Å². The number of aromatic nitrogens is 2. The van der Waals surface area contributed by atoms with Crippen LogP contribution in [-0.2, 0) is 13.1 Å². The van der Waals surface area contributed by atoms with Gasteiger partial charge in [-0.2, -0.15) is 5.10 Å². The van der Waals surface area contributed by atoms with E-state index in [2.05, 4.69) is 41.6 Å². The number of hydrogen-bond acceptors (Lipinski definition) is 2. The molecule has 0 atom stereocenters. The Bertz CT molecular complexity index is 315. The van der Waals surface area contributed by atoms with E-state index >= 15 is 0 Å². The maximum absolute atomic E-state index is 4.37. The summed E-state index contributed by atoms with van der Waals surface area (Å²) in [6.07, 6.45) is 8.70. The molecule has 1 rings (SSSR count). The molecule has 17 heavy (non-hydrogen) atoms. The number of nitrogens with zero attached hydrogens (tertiary/aromatic N) is 2. The molecule has 0 spiro atoms. The van der Waals surface area contributed by atoms with Crippen LogP contribution in [0, 0.1) is 0 Å². The average molecular weight is 235 g/mol. The molecule has 1 aromatic rings. The maximum atomic E-state index is 4.37. The van der Waals surface area contributed by atoms with Gasteiger partial charge in [-0.25, -0.2) is 0 Å². The van der Waals surface area contributed by atoms with Crippen LogP contribution in [0.2, 0.25) is 0 Å². The lowest BCUT2D eigenvalue weighted by Crippen LogP contribution is -2.23. The topological polar surface area (TPSA) is 29.9 Å². The van der Waals surface area contributed by atoms with Gasteiger partial charge in [0.2, 0.25) is 0 Å². The van der Waals surface area contributed by atoms with Crippen molar-refractivity contribution in [2.24, 2.45) is 0 Å². The number of nitrogens with one attached hydrogen (secondary N) is 1. The lowest BCUT2D eigenvalue weighted by Gasteiger charge is -2.10. The van der Waals surface area contributed by atoms with Gasteiger partial charge in [-0.05, 0) is 25.3 Å². The van der Waals surface area contributed by atoms with Crippen LogP contribution in [0.3, 0.4) is 0 Å². The molecule has 0 aliphatic rings. The summed E-state index contributed by atoms with van der Waals surface area (Å²) in [5.41, 5.74) is 1.28. The number of hydrogen-bond donors (Lipinski definition) is 1. The molecular weight excluding hydrogens is 210 g/mol. The van der Waals surface area contributed by atoms with E-state index in [1.54, 1.807) is 0 Å². The molecule has 0 saturated carbocycles. The molecule has 0 unspecified atom stereocenters. The van der Waals surface area contributed by atoms with Gasteiger partial charge in [-0.1, -0.05) is 26.3 Å². The first-order chi connectivity index (χ1) is 8.24. The van der Waals surface area contributed by atoms with Crippen molar-refractivity contribution in [3.63, 3.8) is 0 Å². The van der Waals surface area contributed by atoms with Crippen molar-refractivity contribution in [2.45, 2.75) is 58.7 Å². The van der Waals surface area contributed by atoms with E-state index in [4.69, 9.17) is 0 Å². The SMILES string of the molecule is C=CCCCCCn1nccc1CNC(C)C. The van der Waals surface area contributed by atoms with Crippen LogP contribution < -0.4 is 5.32 Å². The molecule has 96 valence electrons. The molecule has 0 fully saturated rings. The summed E-state index contributed by atoms with van der Waals surface area (Å²) < 4.78 is 2.11. The van der Waals surface area contributed by atoms with Crippen molar-refractivity contribution < 1.29 is 0 Å². The van der Waals surface area contributed by atoms with Crippen molar-refractivity contribution in [1.29, 1.82) is 0 Å². The molecule has 0 amide bonds. The van der Waals surface area contributed by atoms with Crippen LogP contribution in [0.4, 0.5) is 0 Å². The minimum atomic E-state index is 0.519. The third-order valence-corrected chi connectivity index (χ3v) is 2.77. The van der Waals surface area contributed by atoms with Crippen LogP contribution in [0.5, 0.6) is 0 Å². The van der Waals surface area contributed by atoms with Crippen molar-refractivity contribution >= 4 is 0 Å². The molecular formula is C14H25N3. The minimum absolute atomic E-state index is 0.519. The fourth-order valence-corrected chi connectivity index (χ4v) is 1.75. The molecule has 0 bridgehead atoms. The van der Waals surface area contributed by atoms with Gasteiger partial charge in [0, 0.05) is 25.3 Å². The van der Waals surface area contributed by atoms with Crippen molar-refractivity contribution in [3.8, 4) is 0 Å². The summed E-state index contributed by atoms with van der Waals surface area (Å²) in [4.78, 5) is 0. The largest absolute Gasteiger partial charge is 0.309 e. The minimum Gasteiger partial charge on any atom is -0.309 e. The summed E-state index contributed by atoms with van der Waals surface area (Å²) in [6, 6.07) is 2.62. The molecule has 0 aromatic carbocycles. The van der Waals surface area contributed by atoms with E-state index in [1.165, 1.54) is 25.0 Å². The number of rotatable bonds is 9. The molecule has 0 aliphatic heterocycles. The Balaban J connectivity index is 2.27. The van der Waals surface area contributed by atoms with Gasteiger partial charge in [0.25, 0.3) is 0 Å². The molecule has 0 saturated heterocycles. The van der Waals surface area contributed by atoms with Crippen molar-refractivity contribution in [3.05, 3.63) is 30.6 Å². The summed E-state index contributed by atoms with van der Waals surface area (Å²) in [5.74, 6) is 0. The van der Waals surface area contributed by atoms with E-state index in [0.29, 0.717) is 6.04 Å². The second-order valence-corrected chi connectivity index (χ2v) is 4.72. The normalized spacial score (nSPS) is 11.0. The Morgan fingerprint density at radius 3 is 2.94 bits per heavy atom. The number of unbranched alkanes of at least 4 members (excludes halogenated alkanes) is 3. The summed E-state index contributed by atoms with van der Waals surface area (Å²) in [7, 11) is 0. The second kappa shape index (κ2) is 8.07. The van der Waals surface area contributed by atoms with Crippen LogP contribution in [0.25, 0.3) is 0 Å². The molecule has 0 radical (unpaired) electrons. The molecule has 0 aliphatic carbocycles. The molecule has 1 N–H and O–H groups in total. The highest BCUT2D eigenvalue weighted by Crippen LogP contribution is 2.05. The smallest absolute Gasteiger partial charge is 0.0522 e. The molecule has 1 aromatic heterocycles. The van der Waals surface area contributed by atoms with Crippen LogP contribution in [0.15, 0.2) is 24.9 Å². The van der Waals surface area contributed by atoms with Crippen LogP contribution in [0.1, 0.15) is 45.2 Å². The first-order valence-electron chi connectivity index (χ1n) is 6.59. The van der Waals surface area contributed by atoms with E-state index < -0.39 is 0 Å². The monoisotopic (exact) mass is 235 g/mol. The fourth-order valence-electron chi connectivity index (χ4n) is 1.75. The highest BCUT2D eigenvalue weighted by Gasteiger charge is 2.02. The van der Waals surface area contributed by atoms with Gasteiger partial charge in [0.1, 0.15) is 0 Å². The fraction of sp³-hybridized carbons (Fsp3) is 0.643. The van der Waals surface area contributed by atoms with Gasteiger partial charge in [-0.15, -0.1) is 6.58 Å². The predicted octanol–water partition coefficient (Wildman–Crippen LogP) is 3.13. The van der Waals surface area contributed by atoms with E-state index in [0.717, 1.165) is 19.5 Å². The first kappa shape index (κ1) is 14.0. The standard InChI is InChI=1S/C14H25N3/c1-4-5-6-7-8-11-17-14(9-10-16-17)12-15-13(2)3/h4,9-10,13,15H,1,5-8,11-12H2,2-3H3. The zero-order valence-corrected chi connectivity index (χ0v) is 11.2. The third-order valence-electron chi connectivity index (χ3n) is 2.77. The third kappa shape index (κ3) is 5.68. The highest BCUT2D eigenvalue weighted by molar-refractivity contribution is 5.00. The first-order valence-corrected chi connectivity index (χ1v) is 6.59. The van der Waals surface area contributed by atoms with Gasteiger partial charge in [0.05, 0.1) is 5.69 Å². The van der Waals surface area contributed by atoms with Crippen molar-refractivity contribution in [2.75, 3.05) is 0 Å². The number of aryl methyl sites for hydroxylation is 1. The molecule has 3 nitrogen and oxygen atoms in total. The Labute approximate surface area is 105 Å². The Morgan fingerprint density at radius 2 is 2.24 bits per heavy atom. The van der Waals surface area contributed by atoms with E-state index in [9.17, 15) is 0 Å². The molecule has 3 heteroatoms. The Hall–Kier alpha value is -1.09. The Morgan fingerprint density at radius 1 is 1.41 bits per heavy atom. The van der Waals surface area contributed by atoms with E-state index in [-0.39, 0.29) is 0 Å².